The summed E-state index contributed by atoms with van der Waals surface area (Å²) in [6, 6.07) is 9.32. The Morgan fingerprint density at radius 1 is 1.22 bits per heavy atom. The van der Waals surface area contributed by atoms with Gasteiger partial charge in [-0.15, -0.1) is 11.3 Å². The lowest BCUT2D eigenvalue weighted by Crippen LogP contribution is -2.44. The lowest BCUT2D eigenvalue weighted by atomic mass is 10.0. The van der Waals surface area contributed by atoms with Crippen molar-refractivity contribution < 1.29 is 22.5 Å². The van der Waals surface area contributed by atoms with Crippen LogP contribution in [-0.2, 0) is 23.9 Å². The van der Waals surface area contributed by atoms with Crippen molar-refractivity contribution >= 4 is 17.2 Å². The fraction of sp³-hybridized carbons (Fsp3) is 0.409. The normalized spacial score (nSPS) is 15.7. The molecule has 3 heterocycles. The molecular weight excluding hydrogens is 441 g/mol. The Labute approximate surface area is 187 Å². The van der Waals surface area contributed by atoms with Crippen LogP contribution in [-0.4, -0.2) is 40.1 Å². The lowest BCUT2D eigenvalue weighted by Gasteiger charge is -2.32. The molecule has 0 unspecified atom stereocenters. The summed E-state index contributed by atoms with van der Waals surface area (Å²) >= 11 is 1.52. The Balaban J connectivity index is 1.19. The largest absolute Gasteiger partial charge is 0.416 e. The van der Waals surface area contributed by atoms with Gasteiger partial charge >= 0.3 is 6.18 Å². The van der Waals surface area contributed by atoms with Crippen LogP contribution < -0.4 is 5.32 Å². The fourth-order valence-electron chi connectivity index (χ4n) is 3.72. The first-order valence-corrected chi connectivity index (χ1v) is 11.3. The minimum atomic E-state index is -4.33. The van der Waals surface area contributed by atoms with Gasteiger partial charge in [-0.1, -0.05) is 29.4 Å². The van der Waals surface area contributed by atoms with Gasteiger partial charge in [0.1, 0.15) is 0 Å². The van der Waals surface area contributed by atoms with Crippen molar-refractivity contribution in [1.82, 2.24) is 20.4 Å². The number of rotatable bonds is 7. The van der Waals surface area contributed by atoms with Crippen LogP contribution in [0, 0.1) is 0 Å². The van der Waals surface area contributed by atoms with E-state index in [1.165, 1.54) is 23.5 Å². The molecule has 1 fully saturated rings. The number of alkyl halides is 3. The zero-order valence-corrected chi connectivity index (χ0v) is 18.1. The van der Waals surface area contributed by atoms with E-state index in [1.54, 1.807) is 6.07 Å². The van der Waals surface area contributed by atoms with Gasteiger partial charge in [0.25, 0.3) is 0 Å². The molecule has 32 heavy (non-hydrogen) atoms. The van der Waals surface area contributed by atoms with Crippen molar-refractivity contribution in [2.24, 2.45) is 0 Å². The molecule has 10 heteroatoms. The van der Waals surface area contributed by atoms with Gasteiger partial charge in [-0.2, -0.15) is 18.2 Å². The van der Waals surface area contributed by atoms with Crippen LogP contribution in [0.4, 0.5) is 13.2 Å². The van der Waals surface area contributed by atoms with Crippen molar-refractivity contribution in [3.05, 3.63) is 58.8 Å². The highest BCUT2D eigenvalue weighted by Crippen LogP contribution is 2.30. The van der Waals surface area contributed by atoms with Crippen molar-refractivity contribution in [3.8, 4) is 10.7 Å². The van der Waals surface area contributed by atoms with Gasteiger partial charge in [-0.05, 0) is 35.9 Å². The van der Waals surface area contributed by atoms with E-state index in [9.17, 15) is 18.0 Å². The number of piperidine rings is 1. The van der Waals surface area contributed by atoms with E-state index in [0.29, 0.717) is 30.2 Å². The molecule has 0 atom stereocenters. The topological polar surface area (TPSA) is 71.3 Å². The van der Waals surface area contributed by atoms with Crippen molar-refractivity contribution in [2.75, 3.05) is 13.1 Å². The van der Waals surface area contributed by atoms with Crippen molar-refractivity contribution in [1.29, 1.82) is 0 Å². The molecule has 0 radical (unpaired) electrons. The predicted octanol–water partition coefficient (Wildman–Crippen LogP) is 4.53. The number of thiophene rings is 1. The molecular formula is C22H23F3N4O2S. The van der Waals surface area contributed by atoms with Gasteiger partial charge in [0.15, 0.2) is 0 Å². The molecule has 6 nitrogen and oxygen atoms in total. The molecule has 170 valence electrons. The minimum absolute atomic E-state index is 0.0598. The number of aromatic nitrogens is 2. The number of carbonyl (C=O) groups excluding carboxylic acids is 1. The van der Waals surface area contributed by atoms with Crippen LogP contribution in [0.5, 0.6) is 0 Å². The first kappa shape index (κ1) is 22.5. The molecule has 3 aromatic rings. The predicted molar refractivity (Wildman–Crippen MR) is 114 cm³/mol. The first-order chi connectivity index (χ1) is 15.4. The third-order valence-electron chi connectivity index (χ3n) is 5.39. The smallest absolute Gasteiger partial charge is 0.353 e. The van der Waals surface area contributed by atoms with Crippen LogP contribution in [0.1, 0.15) is 36.3 Å². The second-order valence-electron chi connectivity index (χ2n) is 7.81. The number of nitrogens with zero attached hydrogens (tertiary/aromatic N) is 3. The average Bonchev–Trinajstić information content (AvgIpc) is 3.45. The third-order valence-corrected chi connectivity index (χ3v) is 6.25. The van der Waals surface area contributed by atoms with Crippen molar-refractivity contribution in [3.63, 3.8) is 0 Å². The summed E-state index contributed by atoms with van der Waals surface area (Å²) in [6.07, 6.45) is -2.18. The molecule has 0 bridgehead atoms. The number of halogens is 3. The van der Waals surface area contributed by atoms with Gasteiger partial charge in [-0.25, -0.2) is 0 Å². The Hall–Kier alpha value is -2.72. The van der Waals surface area contributed by atoms with Gasteiger partial charge in [-0.3, -0.25) is 9.69 Å². The summed E-state index contributed by atoms with van der Waals surface area (Å²) in [4.78, 5) is 19.7. The molecule has 2 aromatic heterocycles. The molecule has 0 aliphatic carbocycles. The molecule has 1 aromatic carbocycles. The zero-order chi connectivity index (χ0) is 22.6. The van der Waals surface area contributed by atoms with Gasteiger partial charge in [0, 0.05) is 38.5 Å². The number of likely N-dealkylation sites (tertiary alicyclic amines) is 1. The molecule has 0 saturated carbocycles. The number of nitrogens with one attached hydrogen (secondary N) is 1. The Bertz CT molecular complexity index is 1030. The summed E-state index contributed by atoms with van der Waals surface area (Å²) in [6.45, 7) is 1.90. The number of amides is 1. The van der Waals surface area contributed by atoms with Gasteiger partial charge in [0.2, 0.25) is 17.6 Å². The number of benzene rings is 1. The van der Waals surface area contributed by atoms with Crippen LogP contribution in [0.2, 0.25) is 0 Å². The summed E-state index contributed by atoms with van der Waals surface area (Å²) in [5.41, 5.74) is 0.0182. The molecule has 1 saturated heterocycles. The first-order valence-electron chi connectivity index (χ1n) is 10.4. The van der Waals surface area contributed by atoms with E-state index < -0.39 is 11.7 Å². The average molecular weight is 465 g/mol. The zero-order valence-electron chi connectivity index (χ0n) is 17.3. The van der Waals surface area contributed by atoms with E-state index in [1.807, 2.05) is 17.5 Å². The Morgan fingerprint density at radius 2 is 2.03 bits per heavy atom. The second kappa shape index (κ2) is 9.83. The van der Waals surface area contributed by atoms with Crippen LogP contribution in [0.25, 0.3) is 10.7 Å². The summed E-state index contributed by atoms with van der Waals surface area (Å²) in [7, 11) is 0. The molecule has 1 aliphatic heterocycles. The monoisotopic (exact) mass is 464 g/mol. The minimum Gasteiger partial charge on any atom is -0.353 e. The maximum Gasteiger partial charge on any atom is 0.416 e. The van der Waals surface area contributed by atoms with Gasteiger partial charge in [0.05, 0.1) is 10.4 Å². The molecule has 4 rings (SSSR count). The maximum absolute atomic E-state index is 12.9. The molecule has 1 N–H and O–H groups in total. The van der Waals surface area contributed by atoms with E-state index in [0.717, 1.165) is 36.9 Å². The Kier molecular flexibility index (Phi) is 6.90. The number of aryl methyl sites for hydroxylation is 1. The highest BCUT2D eigenvalue weighted by Gasteiger charge is 2.30. The van der Waals surface area contributed by atoms with Gasteiger partial charge < -0.3 is 9.84 Å². The summed E-state index contributed by atoms with van der Waals surface area (Å²) in [5.74, 6) is 0.889. The molecule has 1 amide bonds. The van der Waals surface area contributed by atoms with E-state index in [-0.39, 0.29) is 18.4 Å². The van der Waals surface area contributed by atoms with Crippen LogP contribution in [0.3, 0.4) is 0 Å². The highest BCUT2D eigenvalue weighted by molar-refractivity contribution is 7.13. The van der Waals surface area contributed by atoms with E-state index in [2.05, 4.69) is 20.4 Å². The van der Waals surface area contributed by atoms with Crippen LogP contribution in [0.15, 0.2) is 46.3 Å². The lowest BCUT2D eigenvalue weighted by molar-refractivity contribution is -0.137. The van der Waals surface area contributed by atoms with E-state index in [4.69, 9.17) is 4.52 Å². The number of hydrogen-bond acceptors (Lipinski definition) is 6. The van der Waals surface area contributed by atoms with E-state index >= 15 is 0 Å². The summed E-state index contributed by atoms with van der Waals surface area (Å²) in [5, 5.41) is 8.91. The maximum atomic E-state index is 12.9. The highest BCUT2D eigenvalue weighted by atomic mass is 32.1. The quantitative estimate of drug-likeness (QED) is 0.556. The standard InChI is InChI=1S/C22H23F3N4O2S/c23-22(24,25)16-4-1-3-15(13-16)14-29-10-8-17(9-11-29)26-19(30)6-7-20-27-21(28-31-20)18-5-2-12-32-18/h1-5,12-13,17H,6-11,14H2,(H,26,30). The summed E-state index contributed by atoms with van der Waals surface area (Å²) < 4.78 is 43.9. The third kappa shape index (κ3) is 5.95. The number of hydrogen-bond donors (Lipinski definition) is 1. The Morgan fingerprint density at radius 3 is 2.75 bits per heavy atom. The second-order valence-corrected chi connectivity index (χ2v) is 8.75. The SMILES string of the molecule is O=C(CCc1nc(-c2cccs2)no1)NC1CCN(Cc2cccc(C(F)(F)F)c2)CC1. The van der Waals surface area contributed by atoms with Crippen LogP contribution >= 0.6 is 11.3 Å². The molecule has 1 aliphatic rings. The molecule has 0 spiro atoms. The number of carbonyl (C=O) groups is 1. The van der Waals surface area contributed by atoms with Crippen molar-refractivity contribution in [2.45, 2.75) is 44.4 Å². The fourth-order valence-corrected chi connectivity index (χ4v) is 4.37.